The number of aliphatic hydroxyl groups is 1. The molecule has 0 amide bonds. The Balaban J connectivity index is 1.71. The van der Waals surface area contributed by atoms with Crippen LogP contribution in [0.25, 0.3) is 0 Å². The van der Waals surface area contributed by atoms with Crippen LogP contribution in [-0.2, 0) is 6.61 Å². The molecule has 3 nitrogen and oxygen atoms in total. The van der Waals surface area contributed by atoms with E-state index in [1.54, 1.807) is 0 Å². The quantitative estimate of drug-likeness (QED) is 0.899. The molecule has 0 saturated heterocycles. The van der Waals surface area contributed by atoms with E-state index < -0.39 is 6.10 Å². The normalized spacial score (nSPS) is 17.1. The predicted molar refractivity (Wildman–Crippen MR) is 67.7 cm³/mol. The van der Waals surface area contributed by atoms with Gasteiger partial charge in [0.2, 0.25) is 0 Å². The molecule has 1 N–H and O–H groups in total. The number of hydrogen-bond donors (Lipinski definition) is 1. The van der Waals surface area contributed by atoms with Crippen LogP contribution in [0.4, 0.5) is 0 Å². The highest BCUT2D eigenvalue weighted by Crippen LogP contribution is 2.35. The highest BCUT2D eigenvalue weighted by molar-refractivity contribution is 5.44. The fraction of sp³-hybridized carbons (Fsp3) is 0.200. The van der Waals surface area contributed by atoms with Gasteiger partial charge in [-0.15, -0.1) is 0 Å². The maximum Gasteiger partial charge on any atom is 0.129 e. The standard InChI is InChI=1S/C15H14O3/c16-14-10-18-15-8-12(6-7-13(14)15)17-9-11-4-2-1-3-5-11/h1-8,14,16H,9-10H2/t14-/m0/s1. The number of benzene rings is 2. The van der Waals surface area contributed by atoms with E-state index in [1.807, 2.05) is 48.5 Å². The Morgan fingerprint density at radius 3 is 2.83 bits per heavy atom. The first-order chi connectivity index (χ1) is 8.83. The molecule has 3 rings (SSSR count). The summed E-state index contributed by atoms with van der Waals surface area (Å²) in [6.07, 6.45) is -0.511. The third-order valence-corrected chi connectivity index (χ3v) is 2.99. The SMILES string of the molecule is O[C@H]1COc2cc(OCc3ccccc3)ccc21. The summed E-state index contributed by atoms with van der Waals surface area (Å²) in [5.74, 6) is 1.47. The smallest absolute Gasteiger partial charge is 0.129 e. The molecule has 1 heterocycles. The van der Waals surface area contributed by atoms with E-state index >= 15 is 0 Å². The fourth-order valence-corrected chi connectivity index (χ4v) is 2.00. The summed E-state index contributed by atoms with van der Waals surface area (Å²) in [4.78, 5) is 0. The number of aliphatic hydroxyl groups excluding tert-OH is 1. The van der Waals surface area contributed by atoms with Crippen molar-refractivity contribution in [1.29, 1.82) is 0 Å². The molecule has 3 heteroatoms. The summed E-state index contributed by atoms with van der Waals surface area (Å²) in [7, 11) is 0. The lowest BCUT2D eigenvalue weighted by Gasteiger charge is -2.08. The average molecular weight is 242 g/mol. The molecular formula is C15H14O3. The molecule has 0 radical (unpaired) electrons. The van der Waals surface area contributed by atoms with Crippen LogP contribution < -0.4 is 9.47 Å². The summed E-state index contributed by atoms with van der Waals surface area (Å²) >= 11 is 0. The van der Waals surface area contributed by atoms with Crippen LogP contribution >= 0.6 is 0 Å². The fourth-order valence-electron chi connectivity index (χ4n) is 2.00. The third kappa shape index (κ3) is 2.17. The lowest BCUT2D eigenvalue weighted by molar-refractivity contribution is 0.140. The first kappa shape index (κ1) is 11.1. The molecule has 0 unspecified atom stereocenters. The molecule has 0 spiro atoms. The molecule has 1 atom stereocenters. The second-order valence-electron chi connectivity index (χ2n) is 4.30. The summed E-state index contributed by atoms with van der Waals surface area (Å²) in [6, 6.07) is 15.5. The van der Waals surface area contributed by atoms with E-state index in [0.717, 1.165) is 16.9 Å². The van der Waals surface area contributed by atoms with Gasteiger partial charge in [0.25, 0.3) is 0 Å². The molecule has 0 aliphatic carbocycles. The lowest BCUT2D eigenvalue weighted by atomic mass is 10.1. The molecule has 0 aromatic heterocycles. The number of ether oxygens (including phenoxy) is 2. The van der Waals surface area contributed by atoms with E-state index in [2.05, 4.69) is 0 Å². The summed E-state index contributed by atoms with van der Waals surface area (Å²) < 4.78 is 11.1. The van der Waals surface area contributed by atoms with Crippen LogP contribution in [-0.4, -0.2) is 11.7 Å². The second kappa shape index (κ2) is 4.70. The number of fused-ring (bicyclic) bond motifs is 1. The summed E-state index contributed by atoms with van der Waals surface area (Å²) in [6.45, 7) is 0.861. The Kier molecular flexibility index (Phi) is 2.90. The second-order valence-corrected chi connectivity index (χ2v) is 4.30. The average Bonchev–Trinajstić information content (AvgIpc) is 2.79. The third-order valence-electron chi connectivity index (χ3n) is 2.99. The monoisotopic (exact) mass is 242 g/mol. The maximum atomic E-state index is 9.61. The molecule has 0 bridgehead atoms. The van der Waals surface area contributed by atoms with Crippen LogP contribution in [0.15, 0.2) is 48.5 Å². The van der Waals surface area contributed by atoms with E-state index in [-0.39, 0.29) is 0 Å². The minimum atomic E-state index is -0.511. The molecule has 0 fully saturated rings. The topological polar surface area (TPSA) is 38.7 Å². The van der Waals surface area contributed by atoms with Crippen LogP contribution in [0.1, 0.15) is 17.2 Å². The van der Waals surface area contributed by atoms with Crippen molar-refractivity contribution in [2.75, 3.05) is 6.61 Å². The first-order valence-corrected chi connectivity index (χ1v) is 5.94. The van der Waals surface area contributed by atoms with Crippen molar-refractivity contribution >= 4 is 0 Å². The Morgan fingerprint density at radius 2 is 2.00 bits per heavy atom. The Labute approximate surface area is 106 Å². The van der Waals surface area contributed by atoms with E-state index in [0.29, 0.717) is 19.0 Å². The molecule has 92 valence electrons. The van der Waals surface area contributed by atoms with E-state index in [9.17, 15) is 5.11 Å². The van der Waals surface area contributed by atoms with Gasteiger partial charge < -0.3 is 14.6 Å². The van der Waals surface area contributed by atoms with E-state index in [4.69, 9.17) is 9.47 Å². The summed E-state index contributed by atoms with van der Waals surface area (Å²) in [5, 5.41) is 9.61. The highest BCUT2D eigenvalue weighted by atomic mass is 16.5. The van der Waals surface area contributed by atoms with Crippen molar-refractivity contribution in [2.24, 2.45) is 0 Å². The van der Waals surface area contributed by atoms with Gasteiger partial charge in [0.1, 0.15) is 30.8 Å². The Morgan fingerprint density at radius 1 is 1.17 bits per heavy atom. The van der Waals surface area contributed by atoms with Crippen LogP contribution in [0.3, 0.4) is 0 Å². The van der Waals surface area contributed by atoms with Gasteiger partial charge in [-0.05, 0) is 17.7 Å². The van der Waals surface area contributed by atoms with Gasteiger partial charge in [0.05, 0.1) is 0 Å². The van der Waals surface area contributed by atoms with Gasteiger partial charge in [-0.3, -0.25) is 0 Å². The molecule has 18 heavy (non-hydrogen) atoms. The van der Waals surface area contributed by atoms with Gasteiger partial charge in [-0.2, -0.15) is 0 Å². The molecule has 1 aliphatic rings. The lowest BCUT2D eigenvalue weighted by Crippen LogP contribution is -1.97. The van der Waals surface area contributed by atoms with Gasteiger partial charge in [-0.25, -0.2) is 0 Å². The van der Waals surface area contributed by atoms with Crippen LogP contribution in [0.2, 0.25) is 0 Å². The highest BCUT2D eigenvalue weighted by Gasteiger charge is 2.21. The molecular weight excluding hydrogens is 228 g/mol. The van der Waals surface area contributed by atoms with Crippen molar-refractivity contribution in [3.63, 3.8) is 0 Å². The van der Waals surface area contributed by atoms with Crippen molar-refractivity contribution in [1.82, 2.24) is 0 Å². The molecule has 2 aromatic carbocycles. The van der Waals surface area contributed by atoms with Gasteiger partial charge >= 0.3 is 0 Å². The molecule has 0 saturated carbocycles. The van der Waals surface area contributed by atoms with Crippen molar-refractivity contribution in [3.8, 4) is 11.5 Å². The predicted octanol–water partition coefficient (Wildman–Crippen LogP) is 2.69. The van der Waals surface area contributed by atoms with Crippen molar-refractivity contribution in [2.45, 2.75) is 12.7 Å². The maximum absolute atomic E-state index is 9.61. The minimum Gasteiger partial charge on any atom is -0.490 e. The van der Waals surface area contributed by atoms with Crippen molar-refractivity contribution in [3.05, 3.63) is 59.7 Å². The van der Waals surface area contributed by atoms with Crippen molar-refractivity contribution < 1.29 is 14.6 Å². The largest absolute Gasteiger partial charge is 0.490 e. The number of rotatable bonds is 3. The zero-order valence-corrected chi connectivity index (χ0v) is 9.87. The van der Waals surface area contributed by atoms with Gasteiger partial charge in [0, 0.05) is 11.6 Å². The van der Waals surface area contributed by atoms with Crippen LogP contribution in [0.5, 0.6) is 11.5 Å². The summed E-state index contributed by atoms with van der Waals surface area (Å²) in [5.41, 5.74) is 1.96. The van der Waals surface area contributed by atoms with E-state index in [1.165, 1.54) is 0 Å². The van der Waals surface area contributed by atoms with Crippen LogP contribution in [0, 0.1) is 0 Å². The van der Waals surface area contributed by atoms with Gasteiger partial charge in [-0.1, -0.05) is 30.3 Å². The molecule has 1 aliphatic heterocycles. The zero-order valence-electron chi connectivity index (χ0n) is 9.87. The number of hydrogen-bond acceptors (Lipinski definition) is 3. The molecule has 2 aromatic rings. The first-order valence-electron chi connectivity index (χ1n) is 5.94. The Bertz CT molecular complexity index is 537. The minimum absolute atomic E-state index is 0.331. The Hall–Kier alpha value is -2.00. The van der Waals surface area contributed by atoms with Gasteiger partial charge in [0.15, 0.2) is 0 Å². The zero-order chi connectivity index (χ0) is 12.4.